The fourth-order valence-corrected chi connectivity index (χ4v) is 4.73. The zero-order valence-electron chi connectivity index (χ0n) is 14.3. The van der Waals surface area contributed by atoms with Crippen LogP contribution < -0.4 is 0 Å². The SMILES string of the molecule is CC(=O)O[C@H]1CCC(C)(C)[C@@H]2C(=O)C=C(c3ccccc3)[C@]12C. The number of carbonyl (C=O) groups is 2. The van der Waals surface area contributed by atoms with Crippen molar-refractivity contribution in [1.82, 2.24) is 0 Å². The van der Waals surface area contributed by atoms with E-state index in [4.69, 9.17) is 4.74 Å². The molecule has 122 valence electrons. The number of benzene rings is 1. The highest BCUT2D eigenvalue weighted by Crippen LogP contribution is 2.61. The first-order valence-electron chi connectivity index (χ1n) is 8.25. The molecular formula is C20H24O3. The molecule has 1 fully saturated rings. The number of fused-ring (bicyclic) bond motifs is 1. The van der Waals surface area contributed by atoms with Crippen molar-refractivity contribution in [2.24, 2.45) is 16.7 Å². The molecule has 0 bridgehead atoms. The molecule has 2 aliphatic carbocycles. The summed E-state index contributed by atoms with van der Waals surface area (Å²) in [7, 11) is 0. The first-order valence-corrected chi connectivity index (χ1v) is 8.25. The van der Waals surface area contributed by atoms with Gasteiger partial charge in [0, 0.05) is 18.3 Å². The van der Waals surface area contributed by atoms with Gasteiger partial charge in [0.2, 0.25) is 0 Å². The molecule has 0 N–H and O–H groups in total. The first kappa shape index (κ1) is 16.0. The Hall–Kier alpha value is -1.90. The Kier molecular flexibility index (Phi) is 3.70. The summed E-state index contributed by atoms with van der Waals surface area (Å²) < 4.78 is 5.67. The molecule has 0 radical (unpaired) electrons. The predicted molar refractivity (Wildman–Crippen MR) is 89.6 cm³/mol. The molecule has 3 atom stereocenters. The van der Waals surface area contributed by atoms with Crippen LogP contribution in [0.15, 0.2) is 36.4 Å². The first-order chi connectivity index (χ1) is 10.8. The molecule has 0 aromatic heterocycles. The van der Waals surface area contributed by atoms with Crippen LogP contribution in [0.5, 0.6) is 0 Å². The number of hydrogen-bond acceptors (Lipinski definition) is 3. The van der Waals surface area contributed by atoms with Gasteiger partial charge in [-0.2, -0.15) is 0 Å². The Morgan fingerprint density at radius 3 is 2.43 bits per heavy atom. The van der Waals surface area contributed by atoms with E-state index in [0.29, 0.717) is 0 Å². The third-order valence-corrected chi connectivity index (χ3v) is 5.65. The molecular weight excluding hydrogens is 288 g/mol. The van der Waals surface area contributed by atoms with Crippen molar-refractivity contribution >= 4 is 17.3 Å². The number of hydrogen-bond donors (Lipinski definition) is 0. The number of esters is 1. The maximum Gasteiger partial charge on any atom is 0.302 e. The predicted octanol–water partition coefficient (Wildman–Crippen LogP) is 4.03. The monoisotopic (exact) mass is 312 g/mol. The molecule has 23 heavy (non-hydrogen) atoms. The van der Waals surface area contributed by atoms with Crippen molar-refractivity contribution in [3.8, 4) is 0 Å². The Morgan fingerprint density at radius 2 is 1.83 bits per heavy atom. The van der Waals surface area contributed by atoms with Gasteiger partial charge in [0.1, 0.15) is 6.10 Å². The molecule has 3 nitrogen and oxygen atoms in total. The lowest BCUT2D eigenvalue weighted by atomic mass is 9.54. The number of carbonyl (C=O) groups excluding carboxylic acids is 2. The van der Waals surface area contributed by atoms with Crippen LogP contribution >= 0.6 is 0 Å². The fourth-order valence-electron chi connectivity index (χ4n) is 4.73. The Labute approximate surface area is 137 Å². The van der Waals surface area contributed by atoms with Crippen molar-refractivity contribution in [2.75, 3.05) is 0 Å². The molecule has 0 heterocycles. The largest absolute Gasteiger partial charge is 0.462 e. The Balaban J connectivity index is 2.12. The minimum absolute atomic E-state index is 0.102. The van der Waals surface area contributed by atoms with E-state index in [1.807, 2.05) is 30.3 Å². The maximum atomic E-state index is 12.8. The standard InChI is InChI=1S/C20H24O3/c1-13(21)23-17-10-11-19(2,3)18-16(22)12-15(20(17,18)4)14-8-6-5-7-9-14/h5-9,12,17-18H,10-11H2,1-4H3/t17-,18-,20+/m0/s1. The lowest BCUT2D eigenvalue weighted by Gasteiger charge is -2.51. The molecule has 1 aromatic carbocycles. The van der Waals surface area contributed by atoms with Crippen molar-refractivity contribution in [2.45, 2.75) is 46.6 Å². The third kappa shape index (κ3) is 2.43. The quantitative estimate of drug-likeness (QED) is 0.774. The van der Waals surface area contributed by atoms with Gasteiger partial charge >= 0.3 is 5.97 Å². The zero-order valence-corrected chi connectivity index (χ0v) is 14.3. The van der Waals surface area contributed by atoms with Crippen LogP contribution in [-0.4, -0.2) is 17.9 Å². The minimum atomic E-state index is -0.466. The molecule has 0 spiro atoms. The van der Waals surface area contributed by atoms with Crippen molar-refractivity contribution < 1.29 is 14.3 Å². The number of ether oxygens (including phenoxy) is 1. The van der Waals surface area contributed by atoms with Crippen LogP contribution in [0.25, 0.3) is 5.57 Å². The number of allylic oxidation sites excluding steroid dienone is 1. The van der Waals surface area contributed by atoms with Crippen LogP contribution in [0.2, 0.25) is 0 Å². The van der Waals surface area contributed by atoms with Gasteiger partial charge in [0.15, 0.2) is 5.78 Å². The summed E-state index contributed by atoms with van der Waals surface area (Å²) in [5.41, 5.74) is 1.48. The highest BCUT2D eigenvalue weighted by molar-refractivity contribution is 6.06. The van der Waals surface area contributed by atoms with E-state index < -0.39 is 5.41 Å². The van der Waals surface area contributed by atoms with E-state index in [-0.39, 0.29) is 29.2 Å². The minimum Gasteiger partial charge on any atom is -0.462 e. The second kappa shape index (κ2) is 5.33. The highest BCUT2D eigenvalue weighted by Gasteiger charge is 2.60. The van der Waals surface area contributed by atoms with Gasteiger partial charge in [-0.1, -0.05) is 51.1 Å². The molecule has 0 amide bonds. The number of ketones is 1. The second-order valence-electron chi connectivity index (χ2n) is 7.67. The van der Waals surface area contributed by atoms with E-state index in [2.05, 4.69) is 20.8 Å². The Bertz CT molecular complexity index is 671. The average Bonchev–Trinajstić information content (AvgIpc) is 2.76. The summed E-state index contributed by atoms with van der Waals surface area (Å²) in [4.78, 5) is 24.4. The normalized spacial score (nSPS) is 32.2. The summed E-state index contributed by atoms with van der Waals surface area (Å²) in [5.74, 6) is -0.266. The summed E-state index contributed by atoms with van der Waals surface area (Å²) in [5, 5.41) is 0. The Morgan fingerprint density at radius 1 is 1.17 bits per heavy atom. The lowest BCUT2D eigenvalue weighted by Crippen LogP contribution is -2.52. The van der Waals surface area contributed by atoms with E-state index >= 15 is 0 Å². The molecule has 0 saturated heterocycles. The van der Waals surface area contributed by atoms with Gasteiger partial charge < -0.3 is 4.74 Å². The molecule has 3 heteroatoms. The smallest absolute Gasteiger partial charge is 0.302 e. The number of rotatable bonds is 2. The molecule has 0 unspecified atom stereocenters. The fraction of sp³-hybridized carbons (Fsp3) is 0.500. The molecule has 2 aliphatic rings. The highest BCUT2D eigenvalue weighted by atomic mass is 16.5. The van der Waals surface area contributed by atoms with Crippen molar-refractivity contribution in [3.63, 3.8) is 0 Å². The van der Waals surface area contributed by atoms with Gasteiger partial charge in [0.05, 0.1) is 0 Å². The van der Waals surface area contributed by atoms with Crippen molar-refractivity contribution in [3.05, 3.63) is 42.0 Å². The second-order valence-corrected chi connectivity index (χ2v) is 7.67. The molecule has 0 aliphatic heterocycles. The van der Waals surface area contributed by atoms with Gasteiger partial charge in [0.25, 0.3) is 0 Å². The summed E-state index contributed by atoms with van der Waals surface area (Å²) in [6.45, 7) is 7.84. The molecule has 1 saturated carbocycles. The van der Waals surface area contributed by atoms with E-state index in [1.165, 1.54) is 6.92 Å². The summed E-state index contributed by atoms with van der Waals surface area (Å²) in [6, 6.07) is 9.98. The van der Waals surface area contributed by atoms with Gasteiger partial charge in [-0.25, -0.2) is 0 Å². The topological polar surface area (TPSA) is 43.4 Å². The lowest BCUT2D eigenvalue weighted by molar-refractivity contribution is -0.163. The van der Waals surface area contributed by atoms with Crippen LogP contribution in [0, 0.1) is 16.7 Å². The van der Waals surface area contributed by atoms with E-state index in [0.717, 1.165) is 24.0 Å². The van der Waals surface area contributed by atoms with Gasteiger partial charge in [-0.3, -0.25) is 9.59 Å². The van der Waals surface area contributed by atoms with Crippen LogP contribution in [0.4, 0.5) is 0 Å². The van der Waals surface area contributed by atoms with Crippen LogP contribution in [0.3, 0.4) is 0 Å². The summed E-state index contributed by atoms with van der Waals surface area (Å²) >= 11 is 0. The average molecular weight is 312 g/mol. The van der Waals surface area contributed by atoms with Crippen LogP contribution in [0.1, 0.15) is 46.1 Å². The van der Waals surface area contributed by atoms with Crippen molar-refractivity contribution in [1.29, 1.82) is 0 Å². The van der Waals surface area contributed by atoms with Gasteiger partial charge in [-0.05, 0) is 35.5 Å². The van der Waals surface area contributed by atoms with Crippen LogP contribution in [-0.2, 0) is 14.3 Å². The maximum absolute atomic E-state index is 12.8. The zero-order chi connectivity index (χ0) is 16.8. The molecule has 3 rings (SSSR count). The third-order valence-electron chi connectivity index (χ3n) is 5.65. The van der Waals surface area contributed by atoms with E-state index in [1.54, 1.807) is 6.08 Å². The molecule has 1 aromatic rings. The van der Waals surface area contributed by atoms with Gasteiger partial charge in [-0.15, -0.1) is 0 Å². The summed E-state index contributed by atoms with van der Waals surface area (Å²) in [6.07, 6.45) is 3.20. The van der Waals surface area contributed by atoms with E-state index in [9.17, 15) is 9.59 Å².